The molecule has 2 aromatic carbocycles. The van der Waals surface area contributed by atoms with E-state index in [2.05, 4.69) is 10.1 Å². The number of aliphatic carboxylic acids is 1. The zero-order valence-electron chi connectivity index (χ0n) is 14.1. The molecule has 0 aliphatic rings. The van der Waals surface area contributed by atoms with Crippen LogP contribution in [0.3, 0.4) is 0 Å². The molecule has 2 heterocycles. The molecular weight excluding hydrogens is 378 g/mol. The van der Waals surface area contributed by atoms with Crippen LogP contribution in [0.5, 0.6) is 0 Å². The Balaban J connectivity index is 1.70. The number of nitrogens with zero attached hydrogens (tertiary/aromatic N) is 3. The van der Waals surface area contributed by atoms with Crippen LogP contribution in [0.2, 0.25) is 0 Å². The van der Waals surface area contributed by atoms with Crippen LogP contribution in [0.1, 0.15) is 10.6 Å². The van der Waals surface area contributed by atoms with E-state index in [-0.39, 0.29) is 5.75 Å². The average Bonchev–Trinajstić information content (AvgIpc) is 3.32. The van der Waals surface area contributed by atoms with Crippen molar-refractivity contribution in [1.82, 2.24) is 14.8 Å². The molecule has 0 aliphatic carbocycles. The lowest BCUT2D eigenvalue weighted by molar-refractivity contribution is -0.133. The van der Waals surface area contributed by atoms with E-state index in [0.29, 0.717) is 0 Å². The molecule has 27 heavy (non-hydrogen) atoms. The standard InChI is InChI=1S/C20H15N3O2S2/c24-19(25)13-26-18(20-22-16-8-4-5-9-17(16)27-20)10-14-11-21-23(12-14)15-6-2-1-3-7-15/h1-12H,13H2,(H,24,25)/b18-10-. The van der Waals surface area contributed by atoms with Crippen LogP contribution < -0.4 is 0 Å². The highest BCUT2D eigenvalue weighted by Crippen LogP contribution is 2.35. The van der Waals surface area contributed by atoms with E-state index in [9.17, 15) is 4.79 Å². The van der Waals surface area contributed by atoms with E-state index in [0.717, 1.165) is 31.4 Å². The molecule has 0 unspecified atom stereocenters. The van der Waals surface area contributed by atoms with Crippen molar-refractivity contribution in [3.05, 3.63) is 77.6 Å². The molecule has 0 aliphatic heterocycles. The van der Waals surface area contributed by atoms with E-state index < -0.39 is 5.97 Å². The summed E-state index contributed by atoms with van der Waals surface area (Å²) in [7, 11) is 0. The van der Waals surface area contributed by atoms with Crippen molar-refractivity contribution in [2.75, 3.05) is 5.75 Å². The summed E-state index contributed by atoms with van der Waals surface area (Å²) in [5.41, 5.74) is 2.78. The van der Waals surface area contributed by atoms with Gasteiger partial charge in [0.2, 0.25) is 0 Å². The molecule has 0 fully saturated rings. The Bertz CT molecular complexity index is 1080. The number of benzene rings is 2. The third-order valence-corrected chi connectivity index (χ3v) is 5.99. The number of aromatic nitrogens is 3. The van der Waals surface area contributed by atoms with Gasteiger partial charge in [-0.05, 0) is 30.3 Å². The molecule has 1 N–H and O–H groups in total. The lowest BCUT2D eigenvalue weighted by Crippen LogP contribution is -1.97. The molecule has 0 atom stereocenters. The molecule has 5 nitrogen and oxygen atoms in total. The summed E-state index contributed by atoms with van der Waals surface area (Å²) in [6.07, 6.45) is 5.63. The van der Waals surface area contributed by atoms with Crippen LogP contribution in [0, 0.1) is 0 Å². The van der Waals surface area contributed by atoms with Crippen molar-refractivity contribution < 1.29 is 9.90 Å². The van der Waals surface area contributed by atoms with Crippen molar-refractivity contribution in [1.29, 1.82) is 0 Å². The van der Waals surface area contributed by atoms with Gasteiger partial charge in [0.05, 0.1) is 27.9 Å². The van der Waals surface area contributed by atoms with Gasteiger partial charge < -0.3 is 5.11 Å². The Labute approximate surface area is 164 Å². The number of carboxylic acids is 1. The highest BCUT2D eigenvalue weighted by atomic mass is 32.2. The Kier molecular flexibility index (Phi) is 5.04. The highest BCUT2D eigenvalue weighted by Gasteiger charge is 2.12. The molecule has 134 valence electrons. The summed E-state index contributed by atoms with van der Waals surface area (Å²) in [4.78, 5) is 16.6. The largest absolute Gasteiger partial charge is 0.481 e. The summed E-state index contributed by atoms with van der Waals surface area (Å²) >= 11 is 2.83. The van der Waals surface area contributed by atoms with Crippen molar-refractivity contribution in [2.24, 2.45) is 0 Å². The number of carboxylic acid groups (broad SMARTS) is 1. The lowest BCUT2D eigenvalue weighted by Gasteiger charge is -2.01. The Morgan fingerprint density at radius 1 is 1.15 bits per heavy atom. The Hall–Kier alpha value is -2.90. The maximum absolute atomic E-state index is 11.1. The molecule has 4 aromatic rings. The Morgan fingerprint density at radius 3 is 2.70 bits per heavy atom. The maximum Gasteiger partial charge on any atom is 0.313 e. The van der Waals surface area contributed by atoms with Gasteiger partial charge in [-0.15, -0.1) is 23.1 Å². The monoisotopic (exact) mass is 393 g/mol. The fourth-order valence-corrected chi connectivity index (χ4v) is 4.41. The molecule has 0 saturated heterocycles. The molecule has 0 amide bonds. The van der Waals surface area contributed by atoms with E-state index in [4.69, 9.17) is 5.11 Å². The van der Waals surface area contributed by atoms with Gasteiger partial charge in [-0.2, -0.15) is 5.10 Å². The second kappa shape index (κ2) is 7.77. The van der Waals surface area contributed by atoms with Gasteiger partial charge >= 0.3 is 5.97 Å². The number of fused-ring (bicyclic) bond motifs is 1. The number of thiazole rings is 1. The number of hydrogen-bond acceptors (Lipinski definition) is 5. The summed E-state index contributed by atoms with van der Waals surface area (Å²) in [6.45, 7) is 0. The zero-order valence-corrected chi connectivity index (χ0v) is 15.8. The predicted octanol–water partition coefficient (Wildman–Crippen LogP) is 4.80. The summed E-state index contributed by atoms with van der Waals surface area (Å²) in [5, 5.41) is 14.3. The van der Waals surface area contributed by atoms with Crippen molar-refractivity contribution >= 4 is 50.3 Å². The summed E-state index contributed by atoms with van der Waals surface area (Å²) in [6, 6.07) is 17.7. The fraction of sp³-hybridized carbons (Fsp3) is 0.0500. The summed E-state index contributed by atoms with van der Waals surface area (Å²) in [5.74, 6) is -0.874. The van der Waals surface area contributed by atoms with Crippen LogP contribution in [0.25, 0.3) is 26.9 Å². The number of para-hydroxylation sites is 2. The Morgan fingerprint density at radius 2 is 1.93 bits per heavy atom. The second-order valence-corrected chi connectivity index (χ2v) is 7.78. The van der Waals surface area contributed by atoms with Crippen LogP contribution in [-0.2, 0) is 4.79 Å². The normalized spacial score (nSPS) is 11.8. The smallest absolute Gasteiger partial charge is 0.313 e. The lowest BCUT2D eigenvalue weighted by atomic mass is 10.3. The SMILES string of the molecule is O=C(O)CS/C(=C\c1cnn(-c2ccccc2)c1)c1nc2ccccc2s1. The minimum atomic E-state index is -0.855. The van der Waals surface area contributed by atoms with Gasteiger partial charge in [0.1, 0.15) is 5.01 Å². The van der Waals surface area contributed by atoms with Crippen molar-refractivity contribution in [2.45, 2.75) is 0 Å². The third kappa shape index (κ3) is 4.10. The third-order valence-electron chi connectivity index (χ3n) is 3.78. The zero-order chi connectivity index (χ0) is 18.6. The van der Waals surface area contributed by atoms with Gasteiger partial charge in [0.15, 0.2) is 0 Å². The predicted molar refractivity (Wildman–Crippen MR) is 111 cm³/mol. The van der Waals surface area contributed by atoms with E-state index in [1.165, 1.54) is 11.8 Å². The molecule has 0 bridgehead atoms. The van der Waals surface area contributed by atoms with Crippen LogP contribution in [0.15, 0.2) is 67.0 Å². The molecular formula is C20H15N3O2S2. The van der Waals surface area contributed by atoms with Gasteiger partial charge in [-0.25, -0.2) is 9.67 Å². The van der Waals surface area contributed by atoms with Crippen LogP contribution >= 0.6 is 23.1 Å². The minimum Gasteiger partial charge on any atom is -0.481 e. The van der Waals surface area contributed by atoms with Gasteiger partial charge in [-0.3, -0.25) is 4.79 Å². The van der Waals surface area contributed by atoms with Gasteiger partial charge in [0, 0.05) is 16.7 Å². The number of hydrogen-bond donors (Lipinski definition) is 1. The van der Waals surface area contributed by atoms with E-state index in [1.54, 1.807) is 22.2 Å². The maximum atomic E-state index is 11.1. The first-order chi connectivity index (χ1) is 13.2. The minimum absolute atomic E-state index is 0.0193. The number of carbonyl (C=O) groups is 1. The first-order valence-electron chi connectivity index (χ1n) is 8.21. The molecule has 4 rings (SSSR count). The molecule has 0 spiro atoms. The van der Waals surface area contributed by atoms with Gasteiger partial charge in [-0.1, -0.05) is 30.3 Å². The van der Waals surface area contributed by atoms with Crippen molar-refractivity contribution in [3.63, 3.8) is 0 Å². The van der Waals surface area contributed by atoms with Crippen molar-refractivity contribution in [3.8, 4) is 5.69 Å². The highest BCUT2D eigenvalue weighted by molar-refractivity contribution is 8.09. The quantitative estimate of drug-likeness (QED) is 0.510. The van der Waals surface area contributed by atoms with Crippen LogP contribution in [-0.4, -0.2) is 31.6 Å². The van der Waals surface area contributed by atoms with Crippen LogP contribution in [0.4, 0.5) is 0 Å². The average molecular weight is 393 g/mol. The van der Waals surface area contributed by atoms with Gasteiger partial charge in [0.25, 0.3) is 0 Å². The number of thioether (sulfide) groups is 1. The first-order valence-corrected chi connectivity index (χ1v) is 10.0. The molecule has 7 heteroatoms. The number of rotatable bonds is 6. The van der Waals surface area contributed by atoms with E-state index in [1.807, 2.05) is 66.9 Å². The molecule has 0 radical (unpaired) electrons. The fourth-order valence-electron chi connectivity index (χ4n) is 2.57. The summed E-state index contributed by atoms with van der Waals surface area (Å²) < 4.78 is 2.87. The molecule has 0 saturated carbocycles. The molecule has 2 aromatic heterocycles. The first kappa shape index (κ1) is 17.5. The topological polar surface area (TPSA) is 68.0 Å². The second-order valence-electron chi connectivity index (χ2n) is 5.73. The van der Waals surface area contributed by atoms with E-state index >= 15 is 0 Å².